The number of nitrogens with zero attached hydrogens (tertiary/aromatic N) is 4. The maximum Gasteiger partial charge on any atom is 0.191 e. The Morgan fingerprint density at radius 1 is 1.25 bits per heavy atom. The van der Waals surface area contributed by atoms with Gasteiger partial charge in [-0.05, 0) is 45.2 Å². The van der Waals surface area contributed by atoms with E-state index in [1.807, 2.05) is 12.3 Å². The minimum Gasteiger partial charge on any atom is -0.357 e. The van der Waals surface area contributed by atoms with Crippen LogP contribution in [0.2, 0.25) is 0 Å². The van der Waals surface area contributed by atoms with E-state index < -0.39 is 0 Å². The number of hydrogen-bond acceptors (Lipinski definition) is 4. The molecule has 1 aliphatic heterocycles. The topological polar surface area (TPSA) is 55.8 Å². The molecular weight excluding hydrogens is 348 g/mol. The molecule has 1 aliphatic rings. The second kappa shape index (κ2) is 10.6. The molecule has 2 rings (SSSR count). The van der Waals surface area contributed by atoms with Gasteiger partial charge in [0.25, 0.3) is 0 Å². The summed E-state index contributed by atoms with van der Waals surface area (Å²) in [6, 6.07) is 4.55. The van der Waals surface area contributed by atoms with Crippen molar-refractivity contribution >= 4 is 11.8 Å². The molecule has 158 valence electrons. The first-order valence-electron chi connectivity index (χ1n) is 10.7. The van der Waals surface area contributed by atoms with E-state index in [2.05, 4.69) is 73.2 Å². The largest absolute Gasteiger partial charge is 0.357 e. The lowest BCUT2D eigenvalue weighted by Gasteiger charge is -2.34. The minimum absolute atomic E-state index is 0.360. The number of hydrogen-bond donors (Lipinski definition) is 2. The lowest BCUT2D eigenvalue weighted by atomic mass is 9.89. The van der Waals surface area contributed by atoms with Crippen LogP contribution < -0.4 is 15.5 Å². The van der Waals surface area contributed by atoms with E-state index in [-0.39, 0.29) is 0 Å². The number of aromatic nitrogens is 1. The van der Waals surface area contributed by atoms with Crippen LogP contribution >= 0.6 is 0 Å². The van der Waals surface area contributed by atoms with Gasteiger partial charge in [-0.2, -0.15) is 0 Å². The molecule has 0 aliphatic carbocycles. The highest BCUT2D eigenvalue weighted by molar-refractivity contribution is 5.80. The molecular formula is C22H40N6. The first-order valence-corrected chi connectivity index (χ1v) is 10.7. The third-order valence-corrected chi connectivity index (χ3v) is 5.13. The summed E-state index contributed by atoms with van der Waals surface area (Å²) in [4.78, 5) is 14.3. The molecule has 2 N–H and O–H groups in total. The Morgan fingerprint density at radius 3 is 2.61 bits per heavy atom. The molecule has 6 heteroatoms. The van der Waals surface area contributed by atoms with Crippen molar-refractivity contribution in [3.63, 3.8) is 0 Å². The van der Waals surface area contributed by atoms with Crippen molar-refractivity contribution in [2.24, 2.45) is 10.4 Å². The molecule has 0 radical (unpaired) electrons. The quantitative estimate of drug-likeness (QED) is 0.555. The molecule has 28 heavy (non-hydrogen) atoms. The minimum atomic E-state index is 0.360. The summed E-state index contributed by atoms with van der Waals surface area (Å²) in [5.74, 6) is 1.97. The highest BCUT2D eigenvalue weighted by Crippen LogP contribution is 2.22. The van der Waals surface area contributed by atoms with Crippen LogP contribution in [0, 0.1) is 5.41 Å². The molecule has 2 heterocycles. The molecule has 0 bridgehead atoms. The number of aliphatic imine (C=N–C) groups is 1. The van der Waals surface area contributed by atoms with Crippen LogP contribution in [0.15, 0.2) is 23.3 Å². The molecule has 1 unspecified atom stereocenters. The van der Waals surface area contributed by atoms with Crippen molar-refractivity contribution in [3.8, 4) is 0 Å². The first kappa shape index (κ1) is 22.5. The fraction of sp³-hybridized carbons (Fsp3) is 0.727. The molecule has 1 fully saturated rings. The average Bonchev–Trinajstić information content (AvgIpc) is 2.65. The van der Waals surface area contributed by atoms with Gasteiger partial charge in [-0.25, -0.2) is 9.98 Å². The predicted molar refractivity (Wildman–Crippen MR) is 120 cm³/mol. The lowest BCUT2D eigenvalue weighted by Crippen LogP contribution is -2.45. The molecule has 0 spiro atoms. The summed E-state index contributed by atoms with van der Waals surface area (Å²) in [6.45, 7) is 16.9. The SMILES string of the molecule is CCNC(=NCc1cccnc1N1CCN(C)CC1)NC(C)CCC(C)(C)C. The molecule has 0 saturated carbocycles. The standard InChI is InChI=1S/C22H40N6/c1-7-23-21(26-18(2)10-11-22(3,4)5)25-17-19-9-8-12-24-20(19)28-15-13-27(6)14-16-28/h8-9,12,18H,7,10-11,13-17H2,1-6H3,(H2,23,25,26). The maximum atomic E-state index is 4.86. The lowest BCUT2D eigenvalue weighted by molar-refractivity contribution is 0.312. The second-order valence-corrected chi connectivity index (χ2v) is 9.12. The third kappa shape index (κ3) is 7.66. The Morgan fingerprint density at radius 2 is 1.96 bits per heavy atom. The van der Waals surface area contributed by atoms with Gasteiger partial charge >= 0.3 is 0 Å². The number of anilines is 1. The van der Waals surface area contributed by atoms with Crippen molar-refractivity contribution in [3.05, 3.63) is 23.9 Å². The van der Waals surface area contributed by atoms with Gasteiger partial charge in [0.1, 0.15) is 5.82 Å². The van der Waals surface area contributed by atoms with Crippen LogP contribution in [-0.2, 0) is 6.54 Å². The van der Waals surface area contributed by atoms with E-state index in [1.54, 1.807) is 0 Å². The van der Waals surface area contributed by atoms with Crippen molar-refractivity contribution in [1.29, 1.82) is 0 Å². The van der Waals surface area contributed by atoms with Gasteiger partial charge in [0, 0.05) is 50.5 Å². The normalized spacial score (nSPS) is 17.5. The van der Waals surface area contributed by atoms with Gasteiger partial charge in [-0.15, -0.1) is 0 Å². The predicted octanol–water partition coefficient (Wildman–Crippen LogP) is 3.10. The zero-order valence-electron chi connectivity index (χ0n) is 18.8. The fourth-order valence-electron chi connectivity index (χ4n) is 3.30. The first-order chi connectivity index (χ1) is 13.3. The summed E-state index contributed by atoms with van der Waals surface area (Å²) in [5.41, 5.74) is 1.55. The Balaban J connectivity index is 2.02. The Kier molecular flexibility index (Phi) is 8.55. The number of piperazine rings is 1. The van der Waals surface area contributed by atoms with Gasteiger partial charge in [0.05, 0.1) is 6.54 Å². The smallest absolute Gasteiger partial charge is 0.191 e. The number of likely N-dealkylation sites (N-methyl/N-ethyl adjacent to an activating group) is 1. The van der Waals surface area contributed by atoms with E-state index in [0.29, 0.717) is 18.0 Å². The Bertz CT molecular complexity index is 614. The highest BCUT2D eigenvalue weighted by Gasteiger charge is 2.18. The summed E-state index contributed by atoms with van der Waals surface area (Å²) in [6.07, 6.45) is 4.21. The van der Waals surface area contributed by atoms with Crippen molar-refractivity contribution in [2.45, 2.75) is 60.0 Å². The monoisotopic (exact) mass is 388 g/mol. The molecule has 1 aromatic heterocycles. The highest BCUT2D eigenvalue weighted by atomic mass is 15.3. The van der Waals surface area contributed by atoms with Crippen LogP contribution in [0.5, 0.6) is 0 Å². The van der Waals surface area contributed by atoms with Crippen LogP contribution in [-0.4, -0.2) is 61.7 Å². The molecule has 6 nitrogen and oxygen atoms in total. The van der Waals surface area contributed by atoms with Crippen molar-refractivity contribution in [1.82, 2.24) is 20.5 Å². The zero-order chi connectivity index (χ0) is 20.6. The molecule has 0 aromatic carbocycles. The van der Waals surface area contributed by atoms with Gasteiger partial charge in [0.2, 0.25) is 0 Å². The van der Waals surface area contributed by atoms with E-state index in [0.717, 1.165) is 50.9 Å². The number of nitrogens with one attached hydrogen (secondary N) is 2. The molecule has 1 aromatic rings. The van der Waals surface area contributed by atoms with Gasteiger partial charge in [-0.1, -0.05) is 26.8 Å². The van der Waals surface area contributed by atoms with Crippen molar-refractivity contribution < 1.29 is 0 Å². The summed E-state index contributed by atoms with van der Waals surface area (Å²) in [5, 5.41) is 6.95. The van der Waals surface area contributed by atoms with E-state index in [1.165, 1.54) is 12.0 Å². The average molecular weight is 389 g/mol. The molecule has 0 amide bonds. The number of rotatable bonds is 7. The van der Waals surface area contributed by atoms with E-state index in [4.69, 9.17) is 4.99 Å². The zero-order valence-corrected chi connectivity index (χ0v) is 18.8. The second-order valence-electron chi connectivity index (χ2n) is 9.12. The number of pyridine rings is 1. The molecule has 1 atom stereocenters. The van der Waals surface area contributed by atoms with Gasteiger partial charge < -0.3 is 20.4 Å². The van der Waals surface area contributed by atoms with Gasteiger partial charge in [-0.3, -0.25) is 0 Å². The van der Waals surface area contributed by atoms with Crippen LogP contribution in [0.4, 0.5) is 5.82 Å². The van der Waals surface area contributed by atoms with E-state index >= 15 is 0 Å². The summed E-state index contributed by atoms with van der Waals surface area (Å²) in [7, 11) is 2.18. The summed E-state index contributed by atoms with van der Waals surface area (Å²) >= 11 is 0. The van der Waals surface area contributed by atoms with Crippen LogP contribution in [0.3, 0.4) is 0 Å². The maximum absolute atomic E-state index is 4.86. The van der Waals surface area contributed by atoms with Crippen LogP contribution in [0.25, 0.3) is 0 Å². The molecule has 1 saturated heterocycles. The van der Waals surface area contributed by atoms with E-state index in [9.17, 15) is 0 Å². The number of guanidine groups is 1. The van der Waals surface area contributed by atoms with Crippen molar-refractivity contribution in [2.75, 3.05) is 44.7 Å². The summed E-state index contributed by atoms with van der Waals surface area (Å²) < 4.78 is 0. The fourth-order valence-corrected chi connectivity index (χ4v) is 3.30. The third-order valence-electron chi connectivity index (χ3n) is 5.13. The van der Waals surface area contributed by atoms with Crippen LogP contribution in [0.1, 0.15) is 53.0 Å². The van der Waals surface area contributed by atoms with Gasteiger partial charge in [0.15, 0.2) is 5.96 Å². The Labute approximate surface area is 171 Å². The Hall–Kier alpha value is -1.82.